The zero-order valence-electron chi connectivity index (χ0n) is 37.4. The number of carboxylic acid groups (broad SMARTS) is 1. The minimum Gasteiger partial charge on any atom is -0.481 e. The second kappa shape index (κ2) is 22.3. The second-order valence-electron chi connectivity index (χ2n) is 18.0. The summed E-state index contributed by atoms with van der Waals surface area (Å²) in [6, 6.07) is 51.8. The van der Waals surface area contributed by atoms with Gasteiger partial charge in [0.25, 0.3) is 16.6 Å². The highest BCUT2D eigenvalue weighted by atomic mass is 28.4. The van der Waals surface area contributed by atoms with Gasteiger partial charge in [0, 0.05) is 26.1 Å². The molecule has 1 aliphatic rings. The van der Waals surface area contributed by atoms with Gasteiger partial charge in [-0.3, -0.25) is 9.59 Å². The van der Waals surface area contributed by atoms with Crippen molar-refractivity contribution < 1.29 is 33.1 Å². The molecule has 0 spiro atoms. The first-order valence-corrected chi connectivity index (χ1v) is 25.8. The average molecular weight is 872 g/mol. The fourth-order valence-electron chi connectivity index (χ4n) is 8.65. The molecule has 2 amide bonds. The summed E-state index contributed by atoms with van der Waals surface area (Å²) < 4.78 is 18.8. The van der Waals surface area contributed by atoms with Crippen molar-refractivity contribution in [3.05, 3.63) is 157 Å². The van der Waals surface area contributed by atoms with E-state index in [0.29, 0.717) is 38.9 Å². The number of hydrogen-bond donors (Lipinski definition) is 1. The maximum Gasteiger partial charge on any atom is 0.416 e. The molecule has 62 heavy (non-hydrogen) atoms. The van der Waals surface area contributed by atoms with Crippen LogP contribution in [0, 0.1) is 0 Å². The Labute approximate surface area is 371 Å². The van der Waals surface area contributed by atoms with E-state index in [0.717, 1.165) is 18.4 Å². The van der Waals surface area contributed by atoms with Gasteiger partial charge in [-0.05, 0) is 68.5 Å². The van der Waals surface area contributed by atoms with Crippen molar-refractivity contribution in [3.8, 4) is 0 Å². The quantitative estimate of drug-likeness (QED) is 0.0693. The number of hydrogen-bond acceptors (Lipinski definition) is 6. The topological polar surface area (TPSA) is 102 Å². The Kier molecular flexibility index (Phi) is 17.2. The largest absolute Gasteiger partial charge is 0.481 e. The third-order valence-corrected chi connectivity index (χ3v) is 21.7. The molecule has 8 nitrogen and oxygen atoms in total. The Morgan fingerprint density at radius 2 is 0.935 bits per heavy atom. The van der Waals surface area contributed by atoms with Crippen LogP contribution in [0.15, 0.2) is 152 Å². The summed E-state index contributed by atoms with van der Waals surface area (Å²) in [5.74, 6) is -0.917. The van der Waals surface area contributed by atoms with E-state index in [1.807, 2.05) is 54.6 Å². The van der Waals surface area contributed by atoms with Crippen LogP contribution in [-0.4, -0.2) is 70.5 Å². The molecule has 328 valence electrons. The lowest BCUT2D eigenvalue weighted by Gasteiger charge is -2.43. The summed E-state index contributed by atoms with van der Waals surface area (Å²) in [7, 11) is -5.06. The van der Waals surface area contributed by atoms with Crippen LogP contribution < -0.4 is 20.7 Å². The molecule has 1 fully saturated rings. The molecule has 0 radical (unpaired) electrons. The Morgan fingerprint density at radius 3 is 1.29 bits per heavy atom. The highest BCUT2D eigenvalue weighted by Crippen LogP contribution is 2.38. The highest BCUT2D eigenvalue weighted by molar-refractivity contribution is 7.00. The van der Waals surface area contributed by atoms with E-state index >= 15 is 0 Å². The maximum absolute atomic E-state index is 13.0. The van der Waals surface area contributed by atoms with Crippen molar-refractivity contribution in [1.82, 2.24) is 4.90 Å². The summed E-state index contributed by atoms with van der Waals surface area (Å²) in [5.41, 5.74) is 1.09. The summed E-state index contributed by atoms with van der Waals surface area (Å²) >= 11 is 0. The SMILES string of the molecule is CC(C)(C)[Si](OCCCCC(=O)N1C(=O)OC[C@H]1Cc1ccccc1)(c1ccccc1)c1ccccc1.CC(C)(C)[Si](OCCCCC(=O)O)(c1ccccc1)c1ccccc1. The fourth-order valence-corrected chi connectivity index (χ4v) is 17.9. The van der Waals surface area contributed by atoms with E-state index < -0.39 is 28.7 Å². The molecular formula is C52H65NO7Si2. The van der Waals surface area contributed by atoms with Gasteiger partial charge < -0.3 is 18.7 Å². The number of cyclic esters (lactones) is 1. The van der Waals surface area contributed by atoms with Gasteiger partial charge >= 0.3 is 12.1 Å². The van der Waals surface area contributed by atoms with Crippen molar-refractivity contribution in [2.24, 2.45) is 0 Å². The minimum atomic E-state index is -2.59. The van der Waals surface area contributed by atoms with Crippen LogP contribution >= 0.6 is 0 Å². The van der Waals surface area contributed by atoms with Crippen LogP contribution in [0.1, 0.15) is 85.6 Å². The molecule has 0 saturated carbocycles. The van der Waals surface area contributed by atoms with Crippen LogP contribution in [0.25, 0.3) is 0 Å². The van der Waals surface area contributed by atoms with Gasteiger partial charge in [0.1, 0.15) is 6.61 Å². The standard InChI is InChI=1S/C31H37NO4Si.C21H28O3Si/c1-31(2,3)37(27-17-9-5-10-18-27,28-19-11-6-12-20-28)36-22-14-13-21-29(33)32-26(24-35-30(32)34)23-25-15-7-4-8-16-25;1-21(2,3)25(18-12-6-4-7-13-18,19-14-8-5-9-15-19)24-17-11-10-16-20(22)23/h4-12,15-20,26H,13-14,21-24H2,1-3H3;4-9,12-15H,10-11,16-17H2,1-3H3,(H,22,23)/t26-;/m1./s1. The van der Waals surface area contributed by atoms with Crippen LogP contribution in [0.2, 0.25) is 10.1 Å². The molecule has 1 saturated heterocycles. The summed E-state index contributed by atoms with van der Waals surface area (Å²) in [5, 5.41) is 13.7. The van der Waals surface area contributed by atoms with Crippen molar-refractivity contribution in [1.29, 1.82) is 0 Å². The predicted molar refractivity (Wildman–Crippen MR) is 255 cm³/mol. The molecule has 0 aromatic heterocycles. The predicted octanol–water partition coefficient (Wildman–Crippen LogP) is 9.14. The Morgan fingerprint density at radius 1 is 0.581 bits per heavy atom. The number of aliphatic carboxylic acids is 1. The summed E-state index contributed by atoms with van der Waals surface area (Å²) in [4.78, 5) is 37.4. The first-order valence-electron chi connectivity index (χ1n) is 22.0. The number of rotatable bonds is 18. The van der Waals surface area contributed by atoms with Gasteiger partial charge in [0.05, 0.1) is 6.04 Å². The number of benzene rings is 5. The number of amides is 2. The molecule has 6 rings (SSSR count). The minimum absolute atomic E-state index is 0.0392. The Hall–Kier alpha value is -5.14. The third-order valence-electron chi connectivity index (χ3n) is 11.6. The first kappa shape index (κ1) is 47.9. The van der Waals surface area contributed by atoms with Crippen molar-refractivity contribution in [2.45, 2.75) is 103 Å². The van der Waals surface area contributed by atoms with Gasteiger partial charge in [-0.1, -0.05) is 193 Å². The second-order valence-corrected chi connectivity index (χ2v) is 26.6. The number of imide groups is 1. The van der Waals surface area contributed by atoms with Crippen LogP contribution in [0.4, 0.5) is 4.79 Å². The van der Waals surface area contributed by atoms with Gasteiger partial charge in [-0.25, -0.2) is 9.69 Å². The zero-order valence-corrected chi connectivity index (χ0v) is 39.4. The molecule has 0 bridgehead atoms. The fraction of sp³-hybridized carbons (Fsp3) is 0.365. The molecule has 1 N–H and O–H groups in total. The van der Waals surface area contributed by atoms with Crippen LogP contribution in [0.3, 0.4) is 0 Å². The normalized spacial score (nSPS) is 14.5. The van der Waals surface area contributed by atoms with Gasteiger partial charge in [-0.15, -0.1) is 0 Å². The third kappa shape index (κ3) is 11.9. The molecular weight excluding hydrogens is 807 g/mol. The van der Waals surface area contributed by atoms with E-state index in [2.05, 4.69) is 139 Å². The maximum atomic E-state index is 13.0. The molecule has 1 atom stereocenters. The molecule has 0 unspecified atom stereocenters. The molecule has 10 heteroatoms. The molecule has 1 aliphatic heterocycles. The molecule has 1 heterocycles. The number of carbonyl (C=O) groups excluding carboxylic acids is 2. The lowest BCUT2D eigenvalue weighted by Crippen LogP contribution is -2.66. The number of carbonyl (C=O) groups is 3. The van der Waals surface area contributed by atoms with Crippen LogP contribution in [0.5, 0.6) is 0 Å². The summed E-state index contributed by atoms with van der Waals surface area (Å²) in [6.45, 7) is 14.9. The monoisotopic (exact) mass is 871 g/mol. The van der Waals surface area contributed by atoms with E-state index in [9.17, 15) is 14.4 Å². The van der Waals surface area contributed by atoms with E-state index in [1.54, 1.807) is 0 Å². The molecule has 5 aromatic rings. The van der Waals surface area contributed by atoms with Crippen molar-refractivity contribution in [3.63, 3.8) is 0 Å². The Bertz CT molecular complexity index is 2050. The Balaban J connectivity index is 0.000000253. The zero-order chi connectivity index (χ0) is 44.6. The van der Waals surface area contributed by atoms with Gasteiger partial charge in [0.2, 0.25) is 5.91 Å². The molecule has 0 aliphatic carbocycles. The van der Waals surface area contributed by atoms with Gasteiger partial charge in [0.15, 0.2) is 0 Å². The lowest BCUT2D eigenvalue weighted by molar-refractivity contribution is -0.137. The smallest absolute Gasteiger partial charge is 0.416 e. The van der Waals surface area contributed by atoms with E-state index in [-0.39, 0.29) is 35.1 Å². The molecule has 5 aromatic carbocycles. The average Bonchev–Trinajstić information content (AvgIpc) is 3.63. The highest BCUT2D eigenvalue weighted by Gasteiger charge is 2.51. The van der Waals surface area contributed by atoms with Crippen molar-refractivity contribution in [2.75, 3.05) is 19.8 Å². The first-order chi connectivity index (χ1) is 29.7. The van der Waals surface area contributed by atoms with Gasteiger partial charge in [-0.2, -0.15) is 0 Å². The number of ether oxygens (including phenoxy) is 1. The van der Waals surface area contributed by atoms with E-state index in [1.165, 1.54) is 25.6 Å². The number of carboxylic acids is 1. The number of unbranched alkanes of at least 4 members (excludes halogenated alkanes) is 2. The van der Waals surface area contributed by atoms with E-state index in [4.69, 9.17) is 18.7 Å². The van der Waals surface area contributed by atoms with Crippen molar-refractivity contribution >= 4 is 55.4 Å². The lowest BCUT2D eigenvalue weighted by atomic mass is 10.1. The summed E-state index contributed by atoms with van der Waals surface area (Å²) in [6.07, 6.45) is 3.37. The van der Waals surface area contributed by atoms with Crippen LogP contribution in [-0.2, 0) is 29.6 Å². The number of nitrogens with zero attached hydrogens (tertiary/aromatic N) is 1.